The Morgan fingerprint density at radius 3 is 1.00 bits per heavy atom. The van der Waals surface area contributed by atoms with E-state index in [4.69, 9.17) is 38.7 Å². The molecule has 0 saturated carbocycles. The highest BCUT2D eigenvalue weighted by molar-refractivity contribution is 6.15. The maximum atomic E-state index is 6.30. The third kappa shape index (κ3) is 8.94. The van der Waals surface area contributed by atoms with Gasteiger partial charge in [-0.1, -0.05) is 249 Å². The summed E-state index contributed by atoms with van der Waals surface area (Å²) in [7, 11) is 0. The largest absolute Gasteiger partial charge is 0.456 e. The molecule has 4 heterocycles. The van der Waals surface area contributed by atoms with E-state index in [1.807, 2.05) is 97.1 Å². The van der Waals surface area contributed by atoms with Crippen LogP contribution in [0.2, 0.25) is 0 Å². The molecule has 0 spiro atoms. The number of nitrogens with zero attached hydrogens (tertiary/aromatic N) is 6. The molecule has 8 heteroatoms. The highest BCUT2D eigenvalue weighted by atomic mass is 16.3. The van der Waals surface area contributed by atoms with Crippen LogP contribution in [0.15, 0.2) is 300 Å². The lowest BCUT2D eigenvalue weighted by Gasteiger charge is -2.12. The van der Waals surface area contributed by atoms with E-state index in [9.17, 15) is 0 Å². The second kappa shape index (κ2) is 21.0. The number of furan rings is 2. The Morgan fingerprint density at radius 1 is 0.182 bits per heavy atom. The molecule has 0 radical (unpaired) electrons. The fraction of sp³-hybridized carbons (Fsp3) is 0. The van der Waals surface area contributed by atoms with Gasteiger partial charge in [0.25, 0.3) is 0 Å². The van der Waals surface area contributed by atoms with Crippen LogP contribution in [0, 0.1) is 0 Å². The number of aromatic nitrogens is 6. The van der Waals surface area contributed by atoms with Crippen molar-refractivity contribution in [2.45, 2.75) is 0 Å². The standard InChI is InChI=1S/C80H48N6O2/c1-3-16-54(17-4-1)75-81-77(85-79(83-75)63-28-12-20-52-40-44-58(47-67(52)63)61-26-14-32-71-73(61)65-24-7-9-30-69(65)87-71)56-42-38-50(39-43-56)49-34-36-51(37-35-49)57-22-11-23-60(46-57)78-82-76(55-18-5-2-6-19-55)84-80(86-78)64-29-13-21-53-41-45-59(48-68(53)64)62-27-15-33-72-74(62)66-25-8-10-31-70(66)88-72/h1-48H. The van der Waals surface area contributed by atoms with E-state index >= 15 is 0 Å². The topological polar surface area (TPSA) is 104 Å². The Labute approximate surface area is 505 Å². The second-order valence-electron chi connectivity index (χ2n) is 22.1. The van der Waals surface area contributed by atoms with Gasteiger partial charge in [-0.2, -0.15) is 0 Å². The average molecular weight is 1130 g/mol. The summed E-state index contributed by atoms with van der Waals surface area (Å²) in [5, 5.41) is 8.65. The molecular formula is C80H48N6O2. The molecule has 0 amide bonds. The van der Waals surface area contributed by atoms with Crippen molar-refractivity contribution in [1.82, 2.24) is 29.9 Å². The third-order valence-electron chi connectivity index (χ3n) is 16.8. The van der Waals surface area contributed by atoms with Crippen LogP contribution in [0.5, 0.6) is 0 Å². The maximum Gasteiger partial charge on any atom is 0.164 e. The first-order chi connectivity index (χ1) is 43.6. The summed E-state index contributed by atoms with van der Waals surface area (Å²) in [5.41, 5.74) is 17.6. The Kier molecular flexibility index (Phi) is 12.0. The lowest BCUT2D eigenvalue weighted by Crippen LogP contribution is -2.00. The normalized spacial score (nSPS) is 11.6. The molecule has 17 rings (SSSR count). The highest BCUT2D eigenvalue weighted by Crippen LogP contribution is 2.42. The van der Waals surface area contributed by atoms with Gasteiger partial charge in [0, 0.05) is 54.9 Å². The van der Waals surface area contributed by atoms with Gasteiger partial charge in [0.1, 0.15) is 22.3 Å². The van der Waals surface area contributed by atoms with Crippen LogP contribution in [0.25, 0.3) is 178 Å². The van der Waals surface area contributed by atoms with Gasteiger partial charge in [0.15, 0.2) is 34.9 Å². The van der Waals surface area contributed by atoms with E-state index < -0.39 is 0 Å². The summed E-state index contributed by atoms with van der Waals surface area (Å²) in [4.78, 5) is 31.1. The zero-order valence-corrected chi connectivity index (χ0v) is 47.2. The third-order valence-corrected chi connectivity index (χ3v) is 16.8. The molecule has 4 aromatic heterocycles. The fourth-order valence-corrected chi connectivity index (χ4v) is 12.5. The molecule has 0 unspecified atom stereocenters. The predicted octanol–water partition coefficient (Wildman–Crippen LogP) is 20.8. The number of para-hydroxylation sites is 2. The predicted molar refractivity (Wildman–Crippen MR) is 357 cm³/mol. The van der Waals surface area contributed by atoms with Crippen molar-refractivity contribution in [3.8, 4) is 113 Å². The van der Waals surface area contributed by atoms with Crippen LogP contribution in [0.3, 0.4) is 0 Å². The van der Waals surface area contributed by atoms with Gasteiger partial charge in [-0.3, -0.25) is 0 Å². The minimum atomic E-state index is 0.589. The molecule has 13 aromatic carbocycles. The molecule has 0 N–H and O–H groups in total. The minimum Gasteiger partial charge on any atom is -0.456 e. The van der Waals surface area contributed by atoms with Crippen molar-refractivity contribution in [3.05, 3.63) is 291 Å². The van der Waals surface area contributed by atoms with E-state index in [0.717, 1.165) is 143 Å². The van der Waals surface area contributed by atoms with Crippen LogP contribution in [-0.4, -0.2) is 29.9 Å². The summed E-state index contributed by atoms with van der Waals surface area (Å²) in [5.74, 6) is 3.59. The van der Waals surface area contributed by atoms with Crippen molar-refractivity contribution in [2.24, 2.45) is 0 Å². The monoisotopic (exact) mass is 1120 g/mol. The van der Waals surface area contributed by atoms with Gasteiger partial charge in [-0.25, -0.2) is 29.9 Å². The van der Waals surface area contributed by atoms with Gasteiger partial charge in [0.05, 0.1) is 0 Å². The van der Waals surface area contributed by atoms with Crippen LogP contribution < -0.4 is 0 Å². The number of fused-ring (bicyclic) bond motifs is 8. The number of rotatable bonds is 10. The summed E-state index contributed by atoms with van der Waals surface area (Å²) in [6.45, 7) is 0. The summed E-state index contributed by atoms with van der Waals surface area (Å²) in [6, 6.07) is 101. The summed E-state index contributed by atoms with van der Waals surface area (Å²) >= 11 is 0. The van der Waals surface area contributed by atoms with Crippen molar-refractivity contribution in [2.75, 3.05) is 0 Å². The lowest BCUT2D eigenvalue weighted by molar-refractivity contribution is 0.668. The van der Waals surface area contributed by atoms with Gasteiger partial charge >= 0.3 is 0 Å². The molecule has 0 aliphatic rings. The Bertz CT molecular complexity index is 5560. The highest BCUT2D eigenvalue weighted by Gasteiger charge is 2.20. The van der Waals surface area contributed by atoms with Gasteiger partial charge in [-0.05, 0) is 109 Å². The lowest BCUT2D eigenvalue weighted by atomic mass is 9.95. The molecule has 0 atom stereocenters. The summed E-state index contributed by atoms with van der Waals surface area (Å²) < 4.78 is 12.6. The van der Waals surface area contributed by atoms with Gasteiger partial charge in [-0.15, -0.1) is 0 Å². The van der Waals surface area contributed by atoms with Gasteiger partial charge in [0.2, 0.25) is 0 Å². The quantitative estimate of drug-likeness (QED) is 0.133. The number of hydrogen-bond acceptors (Lipinski definition) is 8. The van der Waals surface area contributed by atoms with E-state index in [1.54, 1.807) is 0 Å². The van der Waals surface area contributed by atoms with Crippen molar-refractivity contribution in [3.63, 3.8) is 0 Å². The van der Waals surface area contributed by atoms with E-state index in [2.05, 4.69) is 194 Å². The Hall–Kier alpha value is -12.0. The molecule has 88 heavy (non-hydrogen) atoms. The van der Waals surface area contributed by atoms with Crippen molar-refractivity contribution in [1.29, 1.82) is 0 Å². The second-order valence-corrected chi connectivity index (χ2v) is 22.1. The molecule has 8 nitrogen and oxygen atoms in total. The maximum absolute atomic E-state index is 6.30. The molecule has 0 bridgehead atoms. The van der Waals surface area contributed by atoms with E-state index in [-0.39, 0.29) is 0 Å². The zero-order chi connectivity index (χ0) is 58.1. The summed E-state index contributed by atoms with van der Waals surface area (Å²) in [6.07, 6.45) is 0. The molecular weight excluding hydrogens is 1080 g/mol. The first kappa shape index (κ1) is 50.5. The Balaban J connectivity index is 0.690. The first-order valence-corrected chi connectivity index (χ1v) is 29.4. The van der Waals surface area contributed by atoms with Crippen LogP contribution in [-0.2, 0) is 0 Å². The molecule has 0 fully saturated rings. The number of hydrogen-bond donors (Lipinski definition) is 0. The molecule has 17 aromatic rings. The van der Waals surface area contributed by atoms with Crippen LogP contribution in [0.4, 0.5) is 0 Å². The van der Waals surface area contributed by atoms with Crippen LogP contribution >= 0.6 is 0 Å². The van der Waals surface area contributed by atoms with Gasteiger partial charge < -0.3 is 8.83 Å². The van der Waals surface area contributed by atoms with E-state index in [1.165, 1.54) is 0 Å². The smallest absolute Gasteiger partial charge is 0.164 e. The van der Waals surface area contributed by atoms with Crippen LogP contribution in [0.1, 0.15) is 0 Å². The molecule has 0 aliphatic heterocycles. The van der Waals surface area contributed by atoms with Crippen molar-refractivity contribution < 1.29 is 8.83 Å². The zero-order valence-electron chi connectivity index (χ0n) is 47.2. The van der Waals surface area contributed by atoms with Crippen molar-refractivity contribution >= 4 is 65.4 Å². The number of benzene rings is 13. The molecule has 410 valence electrons. The molecule has 0 aliphatic carbocycles. The molecule has 0 saturated heterocycles. The first-order valence-electron chi connectivity index (χ1n) is 29.4. The minimum absolute atomic E-state index is 0.589. The SMILES string of the molecule is c1ccc(-c2nc(-c3ccc(-c4ccc(-c5cccc(-c6nc(-c7ccccc7)nc(-c7cccc8ccc(-c9cccc%10oc%11ccccc%11c9%10)cc78)n6)c5)cc4)cc3)nc(-c3cccc4ccc(-c5cccc6oc7ccccc7c56)cc34)n2)cc1. The van der Waals surface area contributed by atoms with E-state index in [0.29, 0.717) is 34.9 Å². The Morgan fingerprint density at radius 2 is 0.511 bits per heavy atom. The average Bonchev–Trinajstić information content (AvgIpc) is 2.40. The fourth-order valence-electron chi connectivity index (χ4n) is 12.5.